The van der Waals surface area contributed by atoms with E-state index in [2.05, 4.69) is 31.2 Å². The van der Waals surface area contributed by atoms with Gasteiger partial charge in [0.15, 0.2) is 0 Å². The van der Waals surface area contributed by atoms with Crippen molar-refractivity contribution in [3.8, 4) is 0 Å². The van der Waals surface area contributed by atoms with Crippen molar-refractivity contribution in [2.24, 2.45) is 0 Å². The summed E-state index contributed by atoms with van der Waals surface area (Å²) in [7, 11) is 0. The first-order chi connectivity index (χ1) is 7.41. The molecule has 0 aromatic heterocycles. The minimum absolute atomic E-state index is 0.738. The van der Waals surface area contributed by atoms with Crippen LogP contribution in [0.1, 0.15) is 58.3 Å². The maximum absolute atomic E-state index is 10.0. The van der Waals surface area contributed by atoms with Crippen molar-refractivity contribution in [1.29, 1.82) is 0 Å². The summed E-state index contributed by atoms with van der Waals surface area (Å²) < 4.78 is 0. The Bertz CT molecular complexity index is 180. The highest BCUT2D eigenvalue weighted by Crippen LogP contribution is 2.06. The van der Waals surface area contributed by atoms with E-state index in [-0.39, 0.29) is 0 Å². The Kier molecular flexibility index (Phi) is 12.4. The van der Waals surface area contributed by atoms with Crippen molar-refractivity contribution >= 4 is 6.29 Å². The fourth-order valence-corrected chi connectivity index (χ4v) is 1.41. The van der Waals surface area contributed by atoms with Gasteiger partial charge in [-0.15, -0.1) is 0 Å². The third-order valence-corrected chi connectivity index (χ3v) is 2.31. The van der Waals surface area contributed by atoms with Crippen LogP contribution in [0.3, 0.4) is 0 Å². The lowest BCUT2D eigenvalue weighted by Gasteiger charge is -1.96. The molecule has 0 saturated heterocycles. The molecule has 0 amide bonds. The molecule has 0 aliphatic rings. The lowest BCUT2D eigenvalue weighted by Crippen LogP contribution is -1.79. The van der Waals surface area contributed by atoms with Crippen LogP contribution in [0, 0.1) is 0 Å². The third-order valence-electron chi connectivity index (χ3n) is 2.31. The summed E-state index contributed by atoms with van der Waals surface area (Å²) in [4.78, 5) is 10.0. The van der Waals surface area contributed by atoms with Crippen LogP contribution < -0.4 is 0 Å². The summed E-state index contributed by atoms with van der Waals surface area (Å²) in [6.07, 6.45) is 18.8. The Balaban J connectivity index is 3.07. The van der Waals surface area contributed by atoms with E-state index >= 15 is 0 Å². The van der Waals surface area contributed by atoms with Crippen LogP contribution in [0.25, 0.3) is 0 Å². The zero-order valence-corrected chi connectivity index (χ0v) is 9.95. The molecule has 0 aromatic rings. The SMILES string of the molecule is CC/C=C\C=C/CCCCCCCC=O. The number of hydrogen-bond donors (Lipinski definition) is 0. The van der Waals surface area contributed by atoms with Crippen LogP contribution in [-0.2, 0) is 4.79 Å². The van der Waals surface area contributed by atoms with Crippen LogP contribution in [-0.4, -0.2) is 6.29 Å². The number of unbranched alkanes of at least 4 members (excludes halogenated alkanes) is 6. The van der Waals surface area contributed by atoms with Crippen LogP contribution in [0.5, 0.6) is 0 Å². The first kappa shape index (κ1) is 14.2. The molecule has 0 spiro atoms. The van der Waals surface area contributed by atoms with Crippen molar-refractivity contribution in [2.45, 2.75) is 58.3 Å². The summed E-state index contributed by atoms with van der Waals surface area (Å²) in [5, 5.41) is 0. The first-order valence-corrected chi connectivity index (χ1v) is 6.17. The van der Waals surface area contributed by atoms with Gasteiger partial charge in [-0.25, -0.2) is 0 Å². The Morgan fingerprint density at radius 1 is 0.800 bits per heavy atom. The molecule has 0 aromatic carbocycles. The maximum atomic E-state index is 10.0. The number of carbonyl (C=O) groups excluding carboxylic acids is 1. The highest BCUT2D eigenvalue weighted by molar-refractivity contribution is 5.48. The van der Waals surface area contributed by atoms with E-state index in [0.717, 1.165) is 25.5 Å². The van der Waals surface area contributed by atoms with E-state index in [1.165, 1.54) is 32.1 Å². The third kappa shape index (κ3) is 13.2. The van der Waals surface area contributed by atoms with Crippen molar-refractivity contribution in [3.05, 3.63) is 24.3 Å². The van der Waals surface area contributed by atoms with Gasteiger partial charge >= 0.3 is 0 Å². The van der Waals surface area contributed by atoms with Gasteiger partial charge in [-0.3, -0.25) is 0 Å². The molecular weight excluding hydrogens is 184 g/mol. The minimum Gasteiger partial charge on any atom is -0.303 e. The quantitative estimate of drug-likeness (QED) is 0.295. The van der Waals surface area contributed by atoms with Crippen LogP contribution in [0.4, 0.5) is 0 Å². The molecule has 0 unspecified atom stereocenters. The van der Waals surface area contributed by atoms with Gasteiger partial charge < -0.3 is 4.79 Å². The lowest BCUT2D eigenvalue weighted by molar-refractivity contribution is -0.107. The Morgan fingerprint density at radius 3 is 2.07 bits per heavy atom. The smallest absolute Gasteiger partial charge is 0.119 e. The molecule has 0 rings (SSSR count). The number of carbonyl (C=O) groups is 1. The van der Waals surface area contributed by atoms with Crippen molar-refractivity contribution < 1.29 is 4.79 Å². The van der Waals surface area contributed by atoms with Gasteiger partial charge in [-0.2, -0.15) is 0 Å². The van der Waals surface area contributed by atoms with E-state index in [0.29, 0.717) is 0 Å². The summed E-state index contributed by atoms with van der Waals surface area (Å²) in [5.41, 5.74) is 0. The lowest BCUT2D eigenvalue weighted by atomic mass is 10.1. The fraction of sp³-hybridized carbons (Fsp3) is 0.643. The highest BCUT2D eigenvalue weighted by atomic mass is 16.1. The largest absolute Gasteiger partial charge is 0.303 e. The van der Waals surface area contributed by atoms with Crippen molar-refractivity contribution in [1.82, 2.24) is 0 Å². The Labute approximate surface area is 94.3 Å². The van der Waals surface area contributed by atoms with Gasteiger partial charge in [-0.05, 0) is 25.7 Å². The van der Waals surface area contributed by atoms with Crippen LogP contribution in [0.15, 0.2) is 24.3 Å². The zero-order chi connectivity index (χ0) is 11.2. The number of rotatable bonds is 10. The molecule has 0 aliphatic heterocycles. The van der Waals surface area contributed by atoms with Gasteiger partial charge in [-0.1, -0.05) is 50.5 Å². The molecule has 15 heavy (non-hydrogen) atoms. The number of allylic oxidation sites excluding steroid dienone is 4. The summed E-state index contributed by atoms with van der Waals surface area (Å²) in [5.74, 6) is 0. The average molecular weight is 208 g/mol. The summed E-state index contributed by atoms with van der Waals surface area (Å²) in [6.45, 7) is 2.14. The molecule has 0 fully saturated rings. The molecule has 86 valence electrons. The normalized spacial score (nSPS) is 11.5. The molecule has 0 bridgehead atoms. The second-order valence-electron chi connectivity index (χ2n) is 3.78. The number of aldehydes is 1. The van der Waals surface area contributed by atoms with Gasteiger partial charge in [0, 0.05) is 6.42 Å². The molecule has 0 aliphatic carbocycles. The maximum Gasteiger partial charge on any atom is 0.119 e. The first-order valence-electron chi connectivity index (χ1n) is 6.17. The topological polar surface area (TPSA) is 17.1 Å². The molecule has 0 radical (unpaired) electrons. The minimum atomic E-state index is 0.738. The van der Waals surface area contributed by atoms with Gasteiger partial charge in [0.1, 0.15) is 6.29 Å². The number of hydrogen-bond acceptors (Lipinski definition) is 1. The monoisotopic (exact) mass is 208 g/mol. The Morgan fingerprint density at radius 2 is 1.40 bits per heavy atom. The zero-order valence-electron chi connectivity index (χ0n) is 9.95. The second kappa shape index (κ2) is 13.2. The summed E-state index contributed by atoms with van der Waals surface area (Å²) in [6, 6.07) is 0. The molecular formula is C14H24O. The molecule has 0 atom stereocenters. The van der Waals surface area contributed by atoms with Gasteiger partial charge in [0.2, 0.25) is 0 Å². The fourth-order valence-electron chi connectivity index (χ4n) is 1.41. The van der Waals surface area contributed by atoms with Crippen LogP contribution >= 0.6 is 0 Å². The standard InChI is InChI=1S/C14H24O/c1-2-3-4-5-6-7-8-9-10-11-12-13-14-15/h3-6,14H,2,7-13H2,1H3/b4-3-,6-5-. The van der Waals surface area contributed by atoms with Gasteiger partial charge in [0.05, 0.1) is 0 Å². The highest BCUT2D eigenvalue weighted by Gasteiger charge is 1.88. The predicted molar refractivity (Wildman–Crippen MR) is 67.0 cm³/mol. The molecule has 0 saturated carbocycles. The van der Waals surface area contributed by atoms with Crippen molar-refractivity contribution in [3.63, 3.8) is 0 Å². The van der Waals surface area contributed by atoms with E-state index in [1.54, 1.807) is 0 Å². The summed E-state index contributed by atoms with van der Waals surface area (Å²) >= 11 is 0. The van der Waals surface area contributed by atoms with E-state index < -0.39 is 0 Å². The van der Waals surface area contributed by atoms with Crippen LogP contribution in [0.2, 0.25) is 0 Å². The molecule has 1 heteroatoms. The van der Waals surface area contributed by atoms with E-state index in [4.69, 9.17) is 0 Å². The van der Waals surface area contributed by atoms with E-state index in [9.17, 15) is 4.79 Å². The second-order valence-corrected chi connectivity index (χ2v) is 3.78. The van der Waals surface area contributed by atoms with E-state index in [1.807, 2.05) is 0 Å². The molecule has 1 nitrogen and oxygen atoms in total. The van der Waals surface area contributed by atoms with Gasteiger partial charge in [0.25, 0.3) is 0 Å². The van der Waals surface area contributed by atoms with Crippen molar-refractivity contribution in [2.75, 3.05) is 0 Å². The predicted octanol–water partition coefficient (Wildman–Crippen LogP) is 4.44. The molecule has 0 heterocycles. The average Bonchev–Trinajstić information content (AvgIpc) is 2.26. The Hall–Kier alpha value is -0.850. The molecule has 0 N–H and O–H groups in total.